The summed E-state index contributed by atoms with van der Waals surface area (Å²) in [4.78, 5) is 27.4. The van der Waals surface area contributed by atoms with E-state index in [4.69, 9.17) is 0 Å². The highest BCUT2D eigenvalue weighted by Crippen LogP contribution is 2.23. The van der Waals surface area contributed by atoms with Gasteiger partial charge in [0.15, 0.2) is 0 Å². The van der Waals surface area contributed by atoms with Gasteiger partial charge in [0.1, 0.15) is 6.04 Å². The van der Waals surface area contributed by atoms with Gasteiger partial charge in [0.2, 0.25) is 5.91 Å². The van der Waals surface area contributed by atoms with Crippen LogP contribution >= 0.6 is 0 Å². The second-order valence-electron chi connectivity index (χ2n) is 7.01. The molecule has 2 aromatic carbocycles. The second kappa shape index (κ2) is 7.73. The van der Waals surface area contributed by atoms with Gasteiger partial charge in [-0.3, -0.25) is 9.59 Å². The molecule has 0 aliphatic carbocycles. The number of nitrogens with one attached hydrogen (secondary N) is 1. The van der Waals surface area contributed by atoms with Crippen LogP contribution in [0.25, 0.3) is 0 Å². The maximum Gasteiger partial charge on any atom is 0.254 e. The first-order valence-corrected chi connectivity index (χ1v) is 9.27. The Kier molecular flexibility index (Phi) is 5.40. The fraction of sp³-hybridized carbons (Fsp3) is 0.364. The first-order valence-electron chi connectivity index (χ1n) is 9.27. The summed E-state index contributed by atoms with van der Waals surface area (Å²) in [5.41, 5.74) is 4.79. The summed E-state index contributed by atoms with van der Waals surface area (Å²) < 4.78 is 0. The van der Waals surface area contributed by atoms with Crippen molar-refractivity contribution in [3.63, 3.8) is 0 Å². The summed E-state index contributed by atoms with van der Waals surface area (Å²) >= 11 is 0. The number of amides is 2. The minimum atomic E-state index is -0.409. The number of aryl methyl sites for hydroxylation is 3. The minimum Gasteiger partial charge on any atom is -0.327 e. The van der Waals surface area contributed by atoms with Crippen LogP contribution in [0, 0.1) is 13.8 Å². The van der Waals surface area contributed by atoms with Crippen LogP contribution < -0.4 is 5.32 Å². The summed E-state index contributed by atoms with van der Waals surface area (Å²) in [5, 5.41) is 3.01. The molecule has 3 rings (SSSR count). The van der Waals surface area contributed by atoms with Gasteiger partial charge in [-0.25, -0.2) is 0 Å². The summed E-state index contributed by atoms with van der Waals surface area (Å²) in [6.07, 6.45) is 2.50. The third kappa shape index (κ3) is 3.79. The van der Waals surface area contributed by atoms with Crippen LogP contribution in [0.15, 0.2) is 42.5 Å². The van der Waals surface area contributed by atoms with E-state index in [2.05, 4.69) is 12.2 Å². The molecule has 0 radical (unpaired) electrons. The van der Waals surface area contributed by atoms with Crippen molar-refractivity contribution in [3.8, 4) is 0 Å². The summed E-state index contributed by atoms with van der Waals surface area (Å²) in [6.45, 7) is 6.69. The van der Waals surface area contributed by atoms with E-state index in [1.54, 1.807) is 4.90 Å². The number of hydrogen-bond acceptors (Lipinski definition) is 2. The standard InChI is InChI=1S/C22H26N2O2/c1-4-17-9-11-18(12-10-17)22(26)24-13-5-6-20(24)21(25)23-19-14-15(2)7-8-16(19)3/h7-12,14,20H,4-6,13H2,1-3H3,(H,23,25)/t20-/m0/s1. The van der Waals surface area contributed by atoms with Crippen molar-refractivity contribution in [2.24, 2.45) is 0 Å². The fourth-order valence-electron chi connectivity index (χ4n) is 3.42. The predicted octanol–water partition coefficient (Wildman–Crippen LogP) is 4.11. The second-order valence-corrected chi connectivity index (χ2v) is 7.01. The molecule has 1 heterocycles. The molecular formula is C22H26N2O2. The third-order valence-electron chi connectivity index (χ3n) is 5.08. The Balaban J connectivity index is 1.75. The van der Waals surface area contributed by atoms with Gasteiger partial charge in [0.05, 0.1) is 0 Å². The van der Waals surface area contributed by atoms with Gasteiger partial charge >= 0.3 is 0 Å². The quantitative estimate of drug-likeness (QED) is 0.902. The normalized spacial score (nSPS) is 16.6. The Labute approximate surface area is 155 Å². The molecule has 0 spiro atoms. The van der Waals surface area contributed by atoms with Crippen molar-refractivity contribution in [3.05, 3.63) is 64.7 Å². The van der Waals surface area contributed by atoms with E-state index in [9.17, 15) is 9.59 Å². The number of anilines is 1. The van der Waals surface area contributed by atoms with Crippen molar-refractivity contribution in [1.29, 1.82) is 0 Å². The minimum absolute atomic E-state index is 0.0636. The van der Waals surface area contributed by atoms with Crippen molar-refractivity contribution < 1.29 is 9.59 Å². The molecule has 4 nitrogen and oxygen atoms in total. The number of benzene rings is 2. The first-order chi connectivity index (χ1) is 12.5. The molecule has 1 N–H and O–H groups in total. The zero-order valence-corrected chi connectivity index (χ0v) is 15.7. The highest BCUT2D eigenvalue weighted by atomic mass is 16.2. The Morgan fingerprint density at radius 1 is 1.12 bits per heavy atom. The summed E-state index contributed by atoms with van der Waals surface area (Å²) in [6, 6.07) is 13.3. The average molecular weight is 350 g/mol. The largest absolute Gasteiger partial charge is 0.327 e. The number of hydrogen-bond donors (Lipinski definition) is 1. The van der Waals surface area contributed by atoms with Crippen molar-refractivity contribution in [2.75, 3.05) is 11.9 Å². The molecule has 1 aliphatic rings. The number of nitrogens with zero attached hydrogens (tertiary/aromatic N) is 1. The highest BCUT2D eigenvalue weighted by molar-refractivity contribution is 6.01. The smallest absolute Gasteiger partial charge is 0.254 e. The zero-order valence-electron chi connectivity index (χ0n) is 15.7. The zero-order chi connectivity index (χ0) is 18.7. The first kappa shape index (κ1) is 18.2. The third-order valence-corrected chi connectivity index (χ3v) is 5.08. The molecule has 4 heteroatoms. The van der Waals surface area contributed by atoms with E-state index in [-0.39, 0.29) is 11.8 Å². The molecule has 0 bridgehead atoms. The van der Waals surface area contributed by atoms with Crippen LogP contribution in [-0.2, 0) is 11.2 Å². The SMILES string of the molecule is CCc1ccc(C(=O)N2CCC[C@H]2C(=O)Nc2cc(C)ccc2C)cc1. The molecule has 1 atom stereocenters. The molecule has 26 heavy (non-hydrogen) atoms. The van der Waals surface area contributed by atoms with Gasteiger partial charge in [0.25, 0.3) is 5.91 Å². The number of carbonyl (C=O) groups is 2. The van der Waals surface area contributed by atoms with E-state index >= 15 is 0 Å². The molecule has 136 valence electrons. The summed E-state index contributed by atoms with van der Waals surface area (Å²) in [7, 11) is 0. The molecule has 0 saturated carbocycles. The van der Waals surface area contributed by atoms with Gasteiger partial charge in [-0.1, -0.05) is 31.2 Å². The Hall–Kier alpha value is -2.62. The van der Waals surface area contributed by atoms with E-state index in [0.717, 1.165) is 29.7 Å². The predicted molar refractivity (Wildman–Crippen MR) is 104 cm³/mol. The topological polar surface area (TPSA) is 49.4 Å². The van der Waals surface area contributed by atoms with Crippen molar-refractivity contribution in [2.45, 2.75) is 46.1 Å². The lowest BCUT2D eigenvalue weighted by atomic mass is 10.1. The molecule has 2 amide bonds. The van der Waals surface area contributed by atoms with E-state index in [1.165, 1.54) is 5.56 Å². The Morgan fingerprint density at radius 2 is 1.85 bits per heavy atom. The van der Waals surface area contributed by atoms with Crippen molar-refractivity contribution >= 4 is 17.5 Å². The fourth-order valence-corrected chi connectivity index (χ4v) is 3.42. The van der Waals surface area contributed by atoms with Crippen molar-refractivity contribution in [1.82, 2.24) is 4.90 Å². The van der Waals surface area contributed by atoms with Crippen LogP contribution in [0.2, 0.25) is 0 Å². The van der Waals surface area contributed by atoms with Crippen LogP contribution in [0.4, 0.5) is 5.69 Å². The lowest BCUT2D eigenvalue weighted by Crippen LogP contribution is -2.43. The molecule has 0 aromatic heterocycles. The van der Waals surface area contributed by atoms with Crippen LogP contribution in [-0.4, -0.2) is 29.3 Å². The van der Waals surface area contributed by atoms with Crippen LogP contribution in [0.1, 0.15) is 46.8 Å². The van der Waals surface area contributed by atoms with Gasteiger partial charge < -0.3 is 10.2 Å². The Morgan fingerprint density at radius 3 is 2.54 bits per heavy atom. The maximum atomic E-state index is 12.9. The van der Waals surface area contributed by atoms with Crippen LogP contribution in [0.3, 0.4) is 0 Å². The molecule has 1 fully saturated rings. The van der Waals surface area contributed by atoms with Crippen LogP contribution in [0.5, 0.6) is 0 Å². The summed E-state index contributed by atoms with van der Waals surface area (Å²) in [5.74, 6) is -0.166. The number of likely N-dealkylation sites (tertiary alicyclic amines) is 1. The highest BCUT2D eigenvalue weighted by Gasteiger charge is 2.34. The van der Waals surface area contributed by atoms with E-state index in [1.807, 2.05) is 56.3 Å². The molecule has 1 saturated heterocycles. The van der Waals surface area contributed by atoms with Gasteiger partial charge in [-0.2, -0.15) is 0 Å². The van der Waals surface area contributed by atoms with E-state index in [0.29, 0.717) is 18.5 Å². The molecular weight excluding hydrogens is 324 g/mol. The lowest BCUT2D eigenvalue weighted by molar-refractivity contribution is -0.119. The van der Waals surface area contributed by atoms with Gasteiger partial charge in [-0.05, 0) is 68.0 Å². The maximum absolute atomic E-state index is 12.9. The Bertz CT molecular complexity index is 811. The molecule has 2 aromatic rings. The number of rotatable bonds is 4. The van der Waals surface area contributed by atoms with E-state index < -0.39 is 6.04 Å². The monoisotopic (exact) mass is 350 g/mol. The number of carbonyl (C=O) groups excluding carboxylic acids is 2. The van der Waals surface area contributed by atoms with Gasteiger partial charge in [-0.15, -0.1) is 0 Å². The average Bonchev–Trinajstić information content (AvgIpc) is 3.14. The lowest BCUT2D eigenvalue weighted by Gasteiger charge is -2.24. The molecule has 0 unspecified atom stereocenters. The molecule has 1 aliphatic heterocycles. The van der Waals surface area contributed by atoms with Gasteiger partial charge in [0, 0.05) is 17.8 Å².